The van der Waals surface area contributed by atoms with E-state index in [0.29, 0.717) is 11.6 Å². The number of carbonyl (C=O) groups is 1. The van der Waals surface area contributed by atoms with Crippen LogP contribution in [0.1, 0.15) is 42.8 Å². The summed E-state index contributed by atoms with van der Waals surface area (Å²) in [4.78, 5) is 14.5. The molecular formula is C17H20ClN3O2. The Labute approximate surface area is 140 Å². The van der Waals surface area contributed by atoms with E-state index in [1.807, 2.05) is 38.1 Å². The van der Waals surface area contributed by atoms with Crippen LogP contribution in [-0.4, -0.2) is 22.6 Å². The first-order valence-corrected chi connectivity index (χ1v) is 8.26. The van der Waals surface area contributed by atoms with Crippen molar-refractivity contribution in [2.45, 2.75) is 39.2 Å². The van der Waals surface area contributed by atoms with Gasteiger partial charge in [0.15, 0.2) is 5.76 Å². The Hall–Kier alpha value is -2.01. The molecular weight excluding hydrogens is 314 g/mol. The molecule has 23 heavy (non-hydrogen) atoms. The number of benzene rings is 1. The highest BCUT2D eigenvalue weighted by Gasteiger charge is 2.33. The molecule has 122 valence electrons. The van der Waals surface area contributed by atoms with E-state index in [0.717, 1.165) is 42.0 Å². The van der Waals surface area contributed by atoms with Gasteiger partial charge in [-0.3, -0.25) is 0 Å². The smallest absolute Gasteiger partial charge is 0.322 e. The lowest BCUT2D eigenvalue weighted by Crippen LogP contribution is -2.34. The first kappa shape index (κ1) is 15.9. The molecule has 0 saturated carbocycles. The largest absolute Gasteiger partial charge is 0.359 e. The van der Waals surface area contributed by atoms with Gasteiger partial charge >= 0.3 is 6.03 Å². The van der Waals surface area contributed by atoms with Crippen molar-refractivity contribution in [1.82, 2.24) is 10.1 Å². The highest BCUT2D eigenvalue weighted by atomic mass is 35.5. The molecule has 0 unspecified atom stereocenters. The predicted molar refractivity (Wildman–Crippen MR) is 89.8 cm³/mol. The Morgan fingerprint density at radius 2 is 2.35 bits per heavy atom. The zero-order valence-electron chi connectivity index (χ0n) is 13.3. The first-order chi connectivity index (χ1) is 11.1. The third-order valence-corrected chi connectivity index (χ3v) is 4.70. The molecule has 0 radical (unpaired) electrons. The van der Waals surface area contributed by atoms with Gasteiger partial charge in [-0.2, -0.15) is 0 Å². The number of nitrogens with one attached hydrogen (secondary N) is 1. The monoisotopic (exact) mass is 333 g/mol. The van der Waals surface area contributed by atoms with E-state index >= 15 is 0 Å². The van der Waals surface area contributed by atoms with Crippen molar-refractivity contribution < 1.29 is 9.32 Å². The van der Waals surface area contributed by atoms with Gasteiger partial charge in [0.2, 0.25) is 0 Å². The van der Waals surface area contributed by atoms with Crippen LogP contribution in [-0.2, 0) is 6.42 Å². The summed E-state index contributed by atoms with van der Waals surface area (Å²) < 4.78 is 5.42. The zero-order valence-corrected chi connectivity index (χ0v) is 14.1. The number of halogens is 1. The van der Waals surface area contributed by atoms with Gasteiger partial charge in [0.25, 0.3) is 0 Å². The standard InChI is InChI=1S/C17H20ClN3O2/c1-3-12-10-16(23-20-12)15-8-5-9-21(15)17(22)19-14-7-4-6-13(18)11(14)2/h4,6-7,10,15H,3,5,8-9H2,1-2H3,(H,19,22)/t15-/m1/s1. The Bertz CT molecular complexity index is 714. The number of nitrogens with zero attached hydrogens (tertiary/aromatic N) is 2. The summed E-state index contributed by atoms with van der Waals surface area (Å²) in [6.07, 6.45) is 2.67. The van der Waals surface area contributed by atoms with Crippen molar-refractivity contribution >= 4 is 23.3 Å². The van der Waals surface area contributed by atoms with Crippen molar-refractivity contribution in [1.29, 1.82) is 0 Å². The Morgan fingerprint density at radius 3 is 3.09 bits per heavy atom. The van der Waals surface area contributed by atoms with Crippen molar-refractivity contribution in [3.8, 4) is 0 Å². The first-order valence-electron chi connectivity index (χ1n) is 7.88. The van der Waals surface area contributed by atoms with E-state index in [9.17, 15) is 4.79 Å². The molecule has 1 fully saturated rings. The molecule has 1 saturated heterocycles. The second kappa shape index (κ2) is 6.62. The molecule has 0 bridgehead atoms. The number of carbonyl (C=O) groups excluding carboxylic acids is 1. The topological polar surface area (TPSA) is 58.4 Å². The number of anilines is 1. The van der Waals surface area contributed by atoms with Gasteiger partial charge in [0.1, 0.15) is 0 Å². The number of rotatable bonds is 3. The highest BCUT2D eigenvalue weighted by Crippen LogP contribution is 2.33. The van der Waals surface area contributed by atoms with Gasteiger partial charge in [0.05, 0.1) is 11.7 Å². The van der Waals surface area contributed by atoms with Gasteiger partial charge in [0, 0.05) is 23.3 Å². The van der Waals surface area contributed by atoms with E-state index in [4.69, 9.17) is 16.1 Å². The number of hydrogen-bond acceptors (Lipinski definition) is 3. The maximum atomic E-state index is 12.6. The van der Waals surface area contributed by atoms with E-state index < -0.39 is 0 Å². The van der Waals surface area contributed by atoms with Crippen molar-refractivity contribution in [2.75, 3.05) is 11.9 Å². The fraction of sp³-hybridized carbons (Fsp3) is 0.412. The zero-order chi connectivity index (χ0) is 16.4. The van der Waals surface area contributed by atoms with Gasteiger partial charge in [-0.1, -0.05) is 29.7 Å². The summed E-state index contributed by atoms with van der Waals surface area (Å²) >= 11 is 6.11. The SMILES string of the molecule is CCc1cc([C@H]2CCCN2C(=O)Nc2cccc(Cl)c2C)on1. The highest BCUT2D eigenvalue weighted by molar-refractivity contribution is 6.31. The van der Waals surface area contributed by atoms with Crippen LogP contribution in [0.5, 0.6) is 0 Å². The maximum absolute atomic E-state index is 12.6. The molecule has 3 rings (SSSR count). The van der Waals surface area contributed by atoms with Crippen LogP contribution >= 0.6 is 11.6 Å². The predicted octanol–water partition coefficient (Wildman–Crippen LogP) is 4.57. The maximum Gasteiger partial charge on any atom is 0.322 e. The van der Waals surface area contributed by atoms with E-state index in [-0.39, 0.29) is 12.1 Å². The van der Waals surface area contributed by atoms with E-state index in [2.05, 4.69) is 10.5 Å². The van der Waals surface area contributed by atoms with Crippen LogP contribution in [0.4, 0.5) is 10.5 Å². The minimum Gasteiger partial charge on any atom is -0.359 e. The lowest BCUT2D eigenvalue weighted by molar-refractivity contribution is 0.195. The van der Waals surface area contributed by atoms with Crippen LogP contribution in [0.25, 0.3) is 0 Å². The van der Waals surface area contributed by atoms with Crippen molar-refractivity contribution in [3.05, 3.63) is 46.3 Å². The molecule has 1 atom stereocenters. The second-order valence-electron chi connectivity index (χ2n) is 5.77. The quantitative estimate of drug-likeness (QED) is 0.895. The fourth-order valence-corrected chi connectivity index (χ4v) is 3.06. The summed E-state index contributed by atoms with van der Waals surface area (Å²) in [5.74, 6) is 0.761. The number of hydrogen-bond donors (Lipinski definition) is 1. The van der Waals surface area contributed by atoms with Crippen LogP contribution in [0, 0.1) is 6.92 Å². The average molecular weight is 334 g/mol. The number of aryl methyl sites for hydroxylation is 1. The lowest BCUT2D eigenvalue weighted by atomic mass is 10.1. The summed E-state index contributed by atoms with van der Waals surface area (Å²) in [6, 6.07) is 7.26. The van der Waals surface area contributed by atoms with E-state index in [1.165, 1.54) is 0 Å². The third kappa shape index (κ3) is 3.20. The van der Waals surface area contributed by atoms with Crippen LogP contribution in [0.3, 0.4) is 0 Å². The summed E-state index contributed by atoms with van der Waals surface area (Å²) in [6.45, 7) is 4.63. The van der Waals surface area contributed by atoms with Crippen molar-refractivity contribution in [2.24, 2.45) is 0 Å². The molecule has 0 aliphatic carbocycles. The number of likely N-dealkylation sites (tertiary alicyclic amines) is 1. The summed E-state index contributed by atoms with van der Waals surface area (Å²) in [7, 11) is 0. The molecule has 1 aliphatic heterocycles. The van der Waals surface area contributed by atoms with Gasteiger partial charge in [-0.05, 0) is 43.9 Å². The molecule has 5 nitrogen and oxygen atoms in total. The number of urea groups is 1. The molecule has 6 heteroatoms. The van der Waals surface area contributed by atoms with Crippen LogP contribution < -0.4 is 5.32 Å². The lowest BCUT2D eigenvalue weighted by Gasteiger charge is -2.23. The average Bonchev–Trinajstić information content (AvgIpc) is 3.19. The number of aromatic nitrogens is 1. The molecule has 2 amide bonds. The molecule has 1 N–H and O–H groups in total. The number of amides is 2. The normalized spacial score (nSPS) is 17.5. The Kier molecular flexibility index (Phi) is 4.57. The minimum atomic E-state index is -0.132. The summed E-state index contributed by atoms with van der Waals surface area (Å²) in [5, 5.41) is 7.63. The third-order valence-electron chi connectivity index (χ3n) is 4.29. The van der Waals surface area contributed by atoms with Crippen LogP contribution in [0.2, 0.25) is 5.02 Å². The molecule has 0 spiro atoms. The summed E-state index contributed by atoms with van der Waals surface area (Å²) in [5.41, 5.74) is 2.52. The van der Waals surface area contributed by atoms with Gasteiger partial charge < -0.3 is 14.7 Å². The van der Waals surface area contributed by atoms with E-state index in [1.54, 1.807) is 4.90 Å². The fourth-order valence-electron chi connectivity index (χ4n) is 2.89. The molecule has 1 aromatic carbocycles. The molecule has 1 aliphatic rings. The van der Waals surface area contributed by atoms with Crippen LogP contribution in [0.15, 0.2) is 28.8 Å². The molecule has 2 heterocycles. The minimum absolute atomic E-state index is 0.0534. The Morgan fingerprint density at radius 1 is 1.52 bits per heavy atom. The Balaban J connectivity index is 1.76. The molecule has 1 aromatic heterocycles. The van der Waals surface area contributed by atoms with Gasteiger partial charge in [-0.15, -0.1) is 0 Å². The molecule has 2 aromatic rings. The second-order valence-corrected chi connectivity index (χ2v) is 6.18. The van der Waals surface area contributed by atoms with Gasteiger partial charge in [-0.25, -0.2) is 4.79 Å². The van der Waals surface area contributed by atoms with Crippen molar-refractivity contribution in [3.63, 3.8) is 0 Å².